The Kier molecular flexibility index (Phi) is 6.51. The van der Waals surface area contributed by atoms with E-state index in [9.17, 15) is 14.9 Å². The van der Waals surface area contributed by atoms with Crippen LogP contribution in [-0.4, -0.2) is 22.0 Å². The first-order valence-electron chi connectivity index (χ1n) is 8.15. The van der Waals surface area contributed by atoms with Crippen molar-refractivity contribution in [2.75, 3.05) is 0 Å². The van der Waals surface area contributed by atoms with Gasteiger partial charge in [0.25, 0.3) is 5.91 Å². The van der Waals surface area contributed by atoms with Crippen LogP contribution in [0.15, 0.2) is 22.6 Å². The zero-order valence-corrected chi connectivity index (χ0v) is 15.0. The van der Waals surface area contributed by atoms with Crippen LogP contribution in [0.4, 0.5) is 5.88 Å². The summed E-state index contributed by atoms with van der Waals surface area (Å²) in [6, 6.07) is 2.92. The Hall–Kier alpha value is -2.42. The summed E-state index contributed by atoms with van der Waals surface area (Å²) in [7, 11) is 0. The third-order valence-electron chi connectivity index (χ3n) is 4.51. The van der Waals surface area contributed by atoms with Crippen molar-refractivity contribution in [3.05, 3.63) is 34.1 Å². The van der Waals surface area contributed by atoms with Crippen molar-refractivity contribution in [2.24, 2.45) is 11.8 Å². The molecule has 2 rings (SSSR count). The second kappa shape index (κ2) is 8.61. The number of nitrogens with one attached hydrogen (secondary N) is 3. The predicted molar refractivity (Wildman–Crippen MR) is 97.4 cm³/mol. The van der Waals surface area contributed by atoms with Crippen molar-refractivity contribution in [1.29, 1.82) is 0 Å². The van der Waals surface area contributed by atoms with Gasteiger partial charge in [-0.1, -0.05) is 26.7 Å². The van der Waals surface area contributed by atoms with Gasteiger partial charge >= 0.3 is 5.88 Å². The van der Waals surface area contributed by atoms with Gasteiger partial charge in [-0.2, -0.15) is 0 Å². The van der Waals surface area contributed by atoms with E-state index in [2.05, 4.69) is 30.0 Å². The van der Waals surface area contributed by atoms with Gasteiger partial charge in [-0.15, -0.1) is 0 Å². The normalized spacial score (nSPS) is 23.2. The van der Waals surface area contributed by atoms with E-state index >= 15 is 0 Å². The molecule has 0 aliphatic heterocycles. The quantitative estimate of drug-likeness (QED) is 0.325. The molecular weight excluding hydrogens is 344 g/mol. The van der Waals surface area contributed by atoms with E-state index in [-0.39, 0.29) is 11.6 Å². The lowest BCUT2D eigenvalue weighted by atomic mass is 9.78. The van der Waals surface area contributed by atoms with Crippen LogP contribution in [0.2, 0.25) is 0 Å². The Bertz CT molecular complexity index is 673. The Labute approximate surface area is 151 Å². The highest BCUT2D eigenvalue weighted by Gasteiger charge is 2.27. The average molecular weight is 366 g/mol. The number of carbonyl (C=O) groups is 1. The topological polar surface area (TPSA) is 109 Å². The molecule has 0 bridgehead atoms. The van der Waals surface area contributed by atoms with E-state index in [4.69, 9.17) is 16.6 Å². The van der Waals surface area contributed by atoms with Gasteiger partial charge in [0.05, 0.1) is 6.07 Å². The van der Waals surface area contributed by atoms with E-state index in [1.54, 1.807) is 0 Å². The summed E-state index contributed by atoms with van der Waals surface area (Å²) in [5.41, 5.74) is 5.10. The minimum atomic E-state index is -0.643. The monoisotopic (exact) mass is 366 g/mol. The van der Waals surface area contributed by atoms with Gasteiger partial charge in [0, 0.05) is 12.1 Å². The fourth-order valence-electron chi connectivity index (χ4n) is 2.84. The third kappa shape index (κ3) is 5.56. The van der Waals surface area contributed by atoms with Crippen molar-refractivity contribution >= 4 is 35.2 Å². The fraction of sp³-hybridized carbons (Fsp3) is 0.500. The molecular formula is C16H22N4O4S. The van der Waals surface area contributed by atoms with Crippen molar-refractivity contribution in [3.8, 4) is 0 Å². The molecule has 1 aliphatic rings. The summed E-state index contributed by atoms with van der Waals surface area (Å²) in [5.74, 6) is 0.544. The third-order valence-corrected chi connectivity index (χ3v) is 4.73. The molecule has 0 aromatic carbocycles. The Balaban J connectivity index is 1.76. The molecule has 136 valence electrons. The van der Waals surface area contributed by atoms with Crippen LogP contribution in [0.3, 0.4) is 0 Å². The number of hydrazine groups is 1. The maximum absolute atomic E-state index is 11.7. The largest absolute Gasteiger partial charge is 0.433 e. The Morgan fingerprint density at radius 2 is 2.12 bits per heavy atom. The molecule has 3 atom stereocenters. The molecule has 8 nitrogen and oxygen atoms in total. The lowest BCUT2D eigenvalue weighted by Gasteiger charge is -2.35. The van der Waals surface area contributed by atoms with Gasteiger partial charge in [0.1, 0.15) is 10.7 Å². The van der Waals surface area contributed by atoms with Gasteiger partial charge in [-0.3, -0.25) is 25.8 Å². The highest BCUT2D eigenvalue weighted by Crippen LogP contribution is 2.29. The number of rotatable bonds is 4. The number of amides is 1. The second-order valence-corrected chi connectivity index (χ2v) is 6.64. The zero-order chi connectivity index (χ0) is 18.4. The van der Waals surface area contributed by atoms with E-state index in [0.29, 0.717) is 23.0 Å². The van der Waals surface area contributed by atoms with Crippen LogP contribution in [-0.2, 0) is 4.79 Å². The summed E-state index contributed by atoms with van der Waals surface area (Å²) in [6.07, 6.45) is 5.98. The molecule has 0 unspecified atom stereocenters. The zero-order valence-electron chi connectivity index (χ0n) is 14.2. The summed E-state index contributed by atoms with van der Waals surface area (Å²) < 4.78 is 4.92. The highest BCUT2D eigenvalue weighted by molar-refractivity contribution is 7.80. The smallest absolute Gasteiger partial charge is 0.401 e. The van der Waals surface area contributed by atoms with Gasteiger partial charge in [-0.25, -0.2) is 0 Å². The number of furan rings is 1. The number of nitro groups is 1. The minimum absolute atomic E-state index is 0.215. The molecule has 0 saturated heterocycles. The number of carbonyl (C=O) groups excluding carboxylic acids is 1. The summed E-state index contributed by atoms with van der Waals surface area (Å²) in [5, 5.41) is 14.1. The number of thiocarbonyl (C=S) groups is 1. The van der Waals surface area contributed by atoms with Crippen molar-refractivity contribution in [1.82, 2.24) is 16.2 Å². The van der Waals surface area contributed by atoms with E-state index in [0.717, 1.165) is 12.8 Å². The Morgan fingerprint density at radius 3 is 2.80 bits per heavy atom. The molecule has 1 amide bonds. The van der Waals surface area contributed by atoms with Gasteiger partial charge in [0.2, 0.25) is 0 Å². The lowest BCUT2D eigenvalue weighted by molar-refractivity contribution is -0.402. The maximum Gasteiger partial charge on any atom is 0.433 e. The van der Waals surface area contributed by atoms with E-state index in [1.165, 1.54) is 30.7 Å². The van der Waals surface area contributed by atoms with Crippen molar-refractivity contribution in [2.45, 2.75) is 39.2 Å². The molecule has 1 aromatic heterocycles. The molecule has 1 aromatic rings. The standard InChI is InChI=1S/C16H22N4O4S/c1-10-4-3-5-13(11(10)2)17-16(25)19-18-14(21)8-6-12-7-9-15(24-12)20(22)23/h6-11,13H,3-5H2,1-2H3,(H,18,21)(H2,17,19,25)/b8-6+/t10-,11-,13+/m1/s1. The maximum atomic E-state index is 11.7. The van der Waals surface area contributed by atoms with E-state index < -0.39 is 10.8 Å². The van der Waals surface area contributed by atoms with Gasteiger partial charge < -0.3 is 9.73 Å². The van der Waals surface area contributed by atoms with Crippen LogP contribution >= 0.6 is 12.2 Å². The molecule has 1 fully saturated rings. The van der Waals surface area contributed by atoms with Crippen molar-refractivity contribution in [3.63, 3.8) is 0 Å². The summed E-state index contributed by atoms with van der Waals surface area (Å²) >= 11 is 5.20. The number of nitrogens with zero attached hydrogens (tertiary/aromatic N) is 1. The van der Waals surface area contributed by atoms with E-state index in [1.807, 2.05) is 0 Å². The first-order valence-corrected chi connectivity index (χ1v) is 8.56. The number of hydrogen-bond acceptors (Lipinski definition) is 5. The van der Waals surface area contributed by atoms with Crippen LogP contribution < -0.4 is 16.2 Å². The number of hydrogen-bond donors (Lipinski definition) is 3. The first kappa shape index (κ1) is 18.9. The Morgan fingerprint density at radius 1 is 1.36 bits per heavy atom. The average Bonchev–Trinajstić information content (AvgIpc) is 3.04. The molecule has 0 spiro atoms. The molecule has 0 radical (unpaired) electrons. The van der Waals surface area contributed by atoms with Crippen LogP contribution in [0, 0.1) is 22.0 Å². The summed E-state index contributed by atoms with van der Waals surface area (Å²) in [6.45, 7) is 4.44. The van der Waals surface area contributed by atoms with Crippen molar-refractivity contribution < 1.29 is 14.1 Å². The fourth-order valence-corrected chi connectivity index (χ4v) is 3.04. The van der Waals surface area contributed by atoms with Gasteiger partial charge in [0.15, 0.2) is 5.11 Å². The summed E-state index contributed by atoms with van der Waals surface area (Å²) in [4.78, 5) is 21.6. The highest BCUT2D eigenvalue weighted by atomic mass is 32.1. The molecule has 1 aliphatic carbocycles. The molecule has 1 saturated carbocycles. The predicted octanol–water partition coefficient (Wildman–Crippen LogP) is 2.52. The lowest BCUT2D eigenvalue weighted by Crippen LogP contribution is -2.52. The molecule has 1 heterocycles. The second-order valence-electron chi connectivity index (χ2n) is 6.23. The van der Waals surface area contributed by atoms with Crippen LogP contribution in [0.25, 0.3) is 6.08 Å². The minimum Gasteiger partial charge on any atom is -0.401 e. The molecule has 3 N–H and O–H groups in total. The van der Waals surface area contributed by atoms with Crippen LogP contribution in [0.1, 0.15) is 38.9 Å². The van der Waals surface area contributed by atoms with Gasteiger partial charge in [-0.05, 0) is 42.6 Å². The molecule has 9 heteroatoms. The molecule has 25 heavy (non-hydrogen) atoms. The van der Waals surface area contributed by atoms with Crippen LogP contribution in [0.5, 0.6) is 0 Å². The first-order chi connectivity index (χ1) is 11.9. The SMILES string of the molecule is C[C@@H]1[C@H](C)CCC[C@@H]1NC(=S)NNC(=O)/C=C/c1ccc([N+](=O)[O-])o1.